The molecule has 3 heterocycles. The SMILES string of the molecule is Cc1nc(-n2c(C)ccc2C)cc2c1ccc(=O)n2C1CCCC1. The van der Waals surface area contributed by atoms with E-state index in [9.17, 15) is 4.79 Å². The van der Waals surface area contributed by atoms with Crippen molar-refractivity contribution in [3.63, 3.8) is 0 Å². The number of hydrogen-bond donors (Lipinski definition) is 0. The van der Waals surface area contributed by atoms with Crippen molar-refractivity contribution < 1.29 is 0 Å². The largest absolute Gasteiger partial charge is 0.305 e. The number of rotatable bonds is 2. The Balaban J connectivity index is 2.03. The monoisotopic (exact) mass is 321 g/mol. The summed E-state index contributed by atoms with van der Waals surface area (Å²) in [5.41, 5.74) is 4.41. The van der Waals surface area contributed by atoms with E-state index in [2.05, 4.69) is 36.6 Å². The third-order valence-corrected chi connectivity index (χ3v) is 5.29. The smallest absolute Gasteiger partial charge is 0.251 e. The topological polar surface area (TPSA) is 39.8 Å². The Labute approximate surface area is 141 Å². The Hall–Kier alpha value is -2.36. The van der Waals surface area contributed by atoms with Gasteiger partial charge in [0.05, 0.1) is 5.52 Å². The van der Waals surface area contributed by atoms with Crippen molar-refractivity contribution in [2.45, 2.75) is 52.5 Å². The van der Waals surface area contributed by atoms with E-state index in [-0.39, 0.29) is 5.56 Å². The Kier molecular flexibility index (Phi) is 3.56. The van der Waals surface area contributed by atoms with Crippen molar-refractivity contribution >= 4 is 10.9 Å². The number of pyridine rings is 2. The van der Waals surface area contributed by atoms with E-state index in [1.807, 2.05) is 17.6 Å². The van der Waals surface area contributed by atoms with E-state index in [4.69, 9.17) is 4.98 Å². The molecule has 124 valence electrons. The first-order valence-electron chi connectivity index (χ1n) is 8.74. The van der Waals surface area contributed by atoms with Crippen LogP contribution >= 0.6 is 0 Å². The minimum atomic E-state index is 0.104. The number of hydrogen-bond acceptors (Lipinski definition) is 2. The molecule has 0 N–H and O–H groups in total. The first-order valence-corrected chi connectivity index (χ1v) is 8.74. The summed E-state index contributed by atoms with van der Waals surface area (Å²) in [7, 11) is 0. The van der Waals surface area contributed by atoms with Crippen molar-refractivity contribution in [1.29, 1.82) is 0 Å². The second-order valence-corrected chi connectivity index (χ2v) is 6.93. The van der Waals surface area contributed by atoms with E-state index in [1.165, 1.54) is 12.8 Å². The summed E-state index contributed by atoms with van der Waals surface area (Å²) in [6.45, 7) is 6.20. The van der Waals surface area contributed by atoms with Gasteiger partial charge in [0, 0.05) is 40.6 Å². The zero-order valence-electron chi connectivity index (χ0n) is 14.5. The zero-order chi connectivity index (χ0) is 16.8. The molecule has 0 unspecified atom stereocenters. The molecule has 0 aliphatic heterocycles. The third kappa shape index (κ3) is 2.29. The summed E-state index contributed by atoms with van der Waals surface area (Å²) in [4.78, 5) is 17.4. The standard InChI is InChI=1S/C20H23N3O/c1-13-8-9-14(2)22(13)19-12-18-17(15(3)21-19)10-11-20(24)23(18)16-6-4-5-7-16/h8-12,16H,4-7H2,1-3H3. The van der Waals surface area contributed by atoms with Crippen molar-refractivity contribution in [3.05, 3.63) is 57.8 Å². The molecule has 1 aliphatic carbocycles. The van der Waals surface area contributed by atoms with Gasteiger partial charge in [0.15, 0.2) is 0 Å². The van der Waals surface area contributed by atoms with Crippen LogP contribution in [0.15, 0.2) is 35.1 Å². The van der Waals surface area contributed by atoms with Crippen molar-refractivity contribution in [1.82, 2.24) is 14.1 Å². The minimum Gasteiger partial charge on any atom is -0.305 e. The van der Waals surface area contributed by atoms with Crippen molar-refractivity contribution in [2.24, 2.45) is 0 Å². The van der Waals surface area contributed by atoms with E-state index in [1.54, 1.807) is 6.07 Å². The first-order chi connectivity index (χ1) is 11.6. The highest BCUT2D eigenvalue weighted by molar-refractivity contribution is 5.82. The molecule has 1 fully saturated rings. The van der Waals surface area contributed by atoms with Gasteiger partial charge in [-0.3, -0.25) is 4.79 Å². The van der Waals surface area contributed by atoms with Gasteiger partial charge in [0.25, 0.3) is 5.56 Å². The van der Waals surface area contributed by atoms with Crippen LogP contribution in [0.5, 0.6) is 0 Å². The predicted octanol–water partition coefficient (Wildman–Crippen LogP) is 4.23. The average Bonchev–Trinajstić information content (AvgIpc) is 3.17. The molecule has 24 heavy (non-hydrogen) atoms. The van der Waals surface area contributed by atoms with E-state index < -0.39 is 0 Å². The Morgan fingerprint density at radius 2 is 1.67 bits per heavy atom. The predicted molar refractivity (Wildman–Crippen MR) is 97.0 cm³/mol. The van der Waals surface area contributed by atoms with Gasteiger partial charge in [-0.15, -0.1) is 0 Å². The third-order valence-electron chi connectivity index (χ3n) is 5.29. The summed E-state index contributed by atoms with van der Waals surface area (Å²) in [6.07, 6.45) is 4.61. The van der Waals surface area contributed by atoms with Crippen LogP contribution in [-0.4, -0.2) is 14.1 Å². The fourth-order valence-corrected chi connectivity index (χ4v) is 4.09. The molecule has 3 aromatic heterocycles. The maximum atomic E-state index is 12.6. The van der Waals surface area contributed by atoms with Crippen LogP contribution in [0.4, 0.5) is 0 Å². The van der Waals surface area contributed by atoms with E-state index in [0.29, 0.717) is 6.04 Å². The van der Waals surface area contributed by atoms with Crippen LogP contribution in [0.1, 0.15) is 48.8 Å². The molecule has 0 amide bonds. The molecule has 3 aromatic rings. The van der Waals surface area contributed by atoms with E-state index >= 15 is 0 Å². The fraction of sp³-hybridized carbons (Fsp3) is 0.400. The van der Waals surface area contributed by atoms with E-state index in [0.717, 1.165) is 46.6 Å². The zero-order valence-corrected chi connectivity index (χ0v) is 14.5. The molecule has 0 atom stereocenters. The van der Waals surface area contributed by atoms with Crippen molar-refractivity contribution in [3.8, 4) is 5.82 Å². The molecule has 1 aliphatic rings. The summed E-state index contributed by atoms with van der Waals surface area (Å²) in [6, 6.07) is 10.2. The number of nitrogens with zero attached hydrogens (tertiary/aromatic N) is 3. The molecular formula is C20H23N3O. The number of aryl methyl sites for hydroxylation is 3. The lowest BCUT2D eigenvalue weighted by atomic mass is 10.1. The molecule has 0 spiro atoms. The number of aromatic nitrogens is 3. The van der Waals surface area contributed by atoms with Crippen LogP contribution in [0.25, 0.3) is 16.7 Å². The highest BCUT2D eigenvalue weighted by Crippen LogP contribution is 2.32. The number of fused-ring (bicyclic) bond motifs is 1. The lowest BCUT2D eigenvalue weighted by Crippen LogP contribution is -2.23. The van der Waals surface area contributed by atoms with Gasteiger partial charge in [0.2, 0.25) is 0 Å². The molecule has 0 saturated heterocycles. The molecular weight excluding hydrogens is 298 g/mol. The van der Waals surface area contributed by atoms with Gasteiger partial charge in [-0.05, 0) is 51.8 Å². The van der Waals surface area contributed by atoms with Gasteiger partial charge < -0.3 is 9.13 Å². The van der Waals surface area contributed by atoms with Gasteiger partial charge in [-0.25, -0.2) is 4.98 Å². The van der Waals surface area contributed by atoms with Gasteiger partial charge >= 0.3 is 0 Å². The molecule has 0 aromatic carbocycles. The molecule has 0 radical (unpaired) electrons. The van der Waals surface area contributed by atoms with Crippen LogP contribution < -0.4 is 5.56 Å². The molecule has 4 heteroatoms. The van der Waals surface area contributed by atoms with Gasteiger partial charge in [-0.1, -0.05) is 12.8 Å². The second kappa shape index (κ2) is 5.62. The van der Waals surface area contributed by atoms with Gasteiger partial charge in [-0.2, -0.15) is 0 Å². The molecule has 4 nitrogen and oxygen atoms in total. The van der Waals surface area contributed by atoms with Crippen molar-refractivity contribution in [2.75, 3.05) is 0 Å². The summed E-state index contributed by atoms with van der Waals surface area (Å²) >= 11 is 0. The second-order valence-electron chi connectivity index (χ2n) is 6.93. The first kappa shape index (κ1) is 15.2. The molecule has 4 rings (SSSR count). The quantitative estimate of drug-likeness (QED) is 0.708. The maximum Gasteiger partial charge on any atom is 0.251 e. The summed E-state index contributed by atoms with van der Waals surface area (Å²) < 4.78 is 4.16. The molecule has 0 bridgehead atoms. The van der Waals surface area contributed by atoms with Crippen LogP contribution in [0.3, 0.4) is 0 Å². The lowest BCUT2D eigenvalue weighted by Gasteiger charge is -2.19. The highest BCUT2D eigenvalue weighted by atomic mass is 16.1. The molecule has 1 saturated carbocycles. The highest BCUT2D eigenvalue weighted by Gasteiger charge is 2.21. The Morgan fingerprint density at radius 3 is 2.33 bits per heavy atom. The average molecular weight is 321 g/mol. The van der Waals surface area contributed by atoms with Crippen LogP contribution in [0.2, 0.25) is 0 Å². The summed E-state index contributed by atoms with van der Waals surface area (Å²) in [5, 5.41) is 1.08. The normalized spacial score (nSPS) is 15.5. The summed E-state index contributed by atoms with van der Waals surface area (Å²) in [5.74, 6) is 0.900. The van der Waals surface area contributed by atoms with Gasteiger partial charge in [0.1, 0.15) is 5.82 Å². The lowest BCUT2D eigenvalue weighted by molar-refractivity contribution is 0.519. The Bertz CT molecular complexity index is 955. The van der Waals surface area contributed by atoms with Crippen LogP contribution in [-0.2, 0) is 0 Å². The fourth-order valence-electron chi connectivity index (χ4n) is 4.09. The maximum absolute atomic E-state index is 12.6. The van der Waals surface area contributed by atoms with Crippen LogP contribution in [0, 0.1) is 20.8 Å². The Morgan fingerprint density at radius 1 is 1.00 bits per heavy atom. The minimum absolute atomic E-state index is 0.104.